The van der Waals surface area contributed by atoms with Gasteiger partial charge in [0.15, 0.2) is 4.96 Å². The molecule has 3 aromatic rings. The number of methoxy groups -OCH3 is 1. The minimum Gasteiger partial charge on any atom is -0.385 e. The molecular formula is C20H26N4O2S. The number of carbonyl (C=O) groups is 1. The summed E-state index contributed by atoms with van der Waals surface area (Å²) in [6.07, 6.45) is 0.893. The number of carbonyl (C=O) groups excluding carboxylic acids is 1. The summed E-state index contributed by atoms with van der Waals surface area (Å²) < 4.78 is 7.21. The van der Waals surface area contributed by atoms with Gasteiger partial charge in [-0.15, -0.1) is 0 Å². The number of rotatable bonds is 7. The maximum atomic E-state index is 12.5. The van der Waals surface area contributed by atoms with Gasteiger partial charge < -0.3 is 15.0 Å². The summed E-state index contributed by atoms with van der Waals surface area (Å²) in [5.74, 6) is 0.932. The molecule has 1 amide bonds. The Kier molecular flexibility index (Phi) is 5.82. The molecule has 1 aromatic carbocycles. The van der Waals surface area contributed by atoms with Crippen LogP contribution in [-0.4, -0.2) is 54.5 Å². The number of nitrogens with zero attached hydrogens (tertiary/aromatic N) is 3. The first-order chi connectivity index (χ1) is 12.9. The van der Waals surface area contributed by atoms with E-state index >= 15 is 0 Å². The average molecular weight is 387 g/mol. The highest BCUT2D eigenvalue weighted by Gasteiger charge is 2.23. The summed E-state index contributed by atoms with van der Waals surface area (Å²) in [6, 6.07) is 8.35. The number of ether oxygens (including phenoxy) is 1. The van der Waals surface area contributed by atoms with Gasteiger partial charge in [0, 0.05) is 45.6 Å². The highest BCUT2D eigenvalue weighted by atomic mass is 32.1. The number of anilines is 1. The van der Waals surface area contributed by atoms with Gasteiger partial charge in [-0.2, -0.15) is 0 Å². The molecule has 0 aliphatic carbocycles. The van der Waals surface area contributed by atoms with Crippen LogP contribution >= 0.6 is 11.3 Å². The summed E-state index contributed by atoms with van der Waals surface area (Å²) in [5, 5.41) is 3.51. The minimum absolute atomic E-state index is 0.00483. The van der Waals surface area contributed by atoms with E-state index in [9.17, 15) is 4.79 Å². The van der Waals surface area contributed by atoms with Gasteiger partial charge in [0.1, 0.15) is 16.4 Å². The number of amides is 1. The Hall–Kier alpha value is -2.38. The Balaban J connectivity index is 2.08. The molecule has 0 bridgehead atoms. The Morgan fingerprint density at radius 1 is 1.26 bits per heavy atom. The van der Waals surface area contributed by atoms with E-state index in [2.05, 4.69) is 40.9 Å². The number of hydrogen-bond acceptors (Lipinski definition) is 5. The van der Waals surface area contributed by atoms with E-state index in [1.54, 1.807) is 26.1 Å². The lowest BCUT2D eigenvalue weighted by Crippen LogP contribution is -2.21. The Morgan fingerprint density at radius 2 is 1.96 bits per heavy atom. The molecule has 0 aliphatic heterocycles. The standard InChI is InChI=1S/C20H26N4O2S/c1-13-7-9-15(10-8-13)16-18(21-11-6-12-26-5)24-14(2)17(19(25)23(3)4)27-20(24)22-16/h7-10,21H,6,11-12H2,1-5H3. The van der Waals surface area contributed by atoms with E-state index in [1.807, 2.05) is 6.92 Å². The van der Waals surface area contributed by atoms with Crippen LogP contribution in [0.25, 0.3) is 16.2 Å². The summed E-state index contributed by atoms with van der Waals surface area (Å²) in [7, 11) is 5.24. The maximum absolute atomic E-state index is 12.5. The predicted octanol–water partition coefficient (Wildman–Crippen LogP) is 3.83. The molecule has 0 fully saturated rings. The fourth-order valence-corrected chi connectivity index (χ4v) is 4.09. The van der Waals surface area contributed by atoms with Crippen molar-refractivity contribution in [1.29, 1.82) is 0 Å². The second kappa shape index (κ2) is 8.10. The third-order valence-electron chi connectivity index (χ3n) is 4.45. The third kappa shape index (κ3) is 3.84. The van der Waals surface area contributed by atoms with Crippen molar-refractivity contribution in [1.82, 2.24) is 14.3 Å². The summed E-state index contributed by atoms with van der Waals surface area (Å²) in [4.78, 5) is 20.5. The highest BCUT2D eigenvalue weighted by molar-refractivity contribution is 7.19. The largest absolute Gasteiger partial charge is 0.385 e. The number of thiazole rings is 1. The van der Waals surface area contributed by atoms with Gasteiger partial charge in [0.05, 0.1) is 0 Å². The summed E-state index contributed by atoms with van der Waals surface area (Å²) in [6.45, 7) is 5.51. The second-order valence-electron chi connectivity index (χ2n) is 6.78. The number of aryl methyl sites for hydroxylation is 2. The van der Waals surface area contributed by atoms with Gasteiger partial charge in [0.2, 0.25) is 0 Å². The van der Waals surface area contributed by atoms with Crippen LogP contribution < -0.4 is 5.32 Å². The zero-order valence-corrected chi connectivity index (χ0v) is 17.3. The SMILES string of the molecule is COCCCNc1c(-c2ccc(C)cc2)nc2sc(C(=O)N(C)C)c(C)n12. The first kappa shape index (κ1) is 19.4. The molecule has 3 rings (SSSR count). The lowest BCUT2D eigenvalue weighted by atomic mass is 10.1. The zero-order valence-electron chi connectivity index (χ0n) is 16.5. The Bertz CT molecular complexity index is 941. The minimum atomic E-state index is 0.00483. The monoisotopic (exact) mass is 386 g/mol. The van der Waals surface area contributed by atoms with Crippen LogP contribution in [0, 0.1) is 13.8 Å². The molecule has 2 aromatic heterocycles. The predicted molar refractivity (Wildman–Crippen MR) is 111 cm³/mol. The van der Waals surface area contributed by atoms with E-state index in [4.69, 9.17) is 9.72 Å². The second-order valence-corrected chi connectivity index (χ2v) is 7.76. The summed E-state index contributed by atoms with van der Waals surface area (Å²) in [5.41, 5.74) is 4.09. The number of nitrogens with one attached hydrogen (secondary N) is 1. The first-order valence-corrected chi connectivity index (χ1v) is 9.79. The molecule has 1 N–H and O–H groups in total. The van der Waals surface area contributed by atoms with E-state index < -0.39 is 0 Å². The Morgan fingerprint density at radius 3 is 2.59 bits per heavy atom. The molecule has 144 valence electrons. The van der Waals surface area contributed by atoms with Gasteiger partial charge >= 0.3 is 0 Å². The number of fused-ring (bicyclic) bond motifs is 1. The van der Waals surface area contributed by atoms with Gasteiger partial charge in [-0.05, 0) is 20.3 Å². The molecule has 0 saturated heterocycles. The molecule has 2 heterocycles. The van der Waals surface area contributed by atoms with Crippen molar-refractivity contribution in [2.45, 2.75) is 20.3 Å². The van der Waals surface area contributed by atoms with E-state index in [-0.39, 0.29) is 5.91 Å². The summed E-state index contributed by atoms with van der Waals surface area (Å²) >= 11 is 1.43. The van der Waals surface area contributed by atoms with Crippen molar-refractivity contribution in [3.05, 3.63) is 40.4 Å². The molecular weight excluding hydrogens is 360 g/mol. The average Bonchev–Trinajstić information content (AvgIpc) is 3.16. The van der Waals surface area contributed by atoms with Crippen LogP contribution in [0.1, 0.15) is 27.3 Å². The topological polar surface area (TPSA) is 58.9 Å². The van der Waals surface area contributed by atoms with Crippen LogP contribution in [0.15, 0.2) is 24.3 Å². The first-order valence-electron chi connectivity index (χ1n) is 8.97. The molecule has 0 aliphatic rings. The normalized spacial score (nSPS) is 11.1. The maximum Gasteiger partial charge on any atom is 0.265 e. The number of aromatic nitrogens is 2. The fraction of sp³-hybridized carbons (Fsp3) is 0.400. The van der Waals surface area contributed by atoms with Gasteiger partial charge in [-0.1, -0.05) is 41.2 Å². The lowest BCUT2D eigenvalue weighted by Gasteiger charge is -2.11. The van der Waals surface area contributed by atoms with E-state index in [1.165, 1.54) is 16.9 Å². The van der Waals surface area contributed by atoms with Crippen LogP contribution in [0.2, 0.25) is 0 Å². The van der Waals surface area contributed by atoms with Crippen LogP contribution in [0.3, 0.4) is 0 Å². The molecule has 0 atom stereocenters. The molecule has 0 unspecified atom stereocenters. The molecule has 7 heteroatoms. The van der Waals surface area contributed by atoms with Crippen molar-refractivity contribution in [3.8, 4) is 11.3 Å². The van der Waals surface area contributed by atoms with Crippen molar-refractivity contribution in [2.24, 2.45) is 0 Å². The fourth-order valence-electron chi connectivity index (χ4n) is 2.95. The van der Waals surface area contributed by atoms with Crippen LogP contribution in [0.4, 0.5) is 5.82 Å². The molecule has 0 spiro atoms. The van der Waals surface area contributed by atoms with Gasteiger partial charge in [-0.25, -0.2) is 4.98 Å². The van der Waals surface area contributed by atoms with Crippen molar-refractivity contribution in [2.75, 3.05) is 39.7 Å². The lowest BCUT2D eigenvalue weighted by molar-refractivity contribution is 0.0831. The quantitative estimate of drug-likeness (QED) is 0.627. The molecule has 6 nitrogen and oxygen atoms in total. The number of hydrogen-bond donors (Lipinski definition) is 1. The van der Waals surface area contributed by atoms with E-state index in [0.717, 1.165) is 45.6 Å². The van der Waals surface area contributed by atoms with Crippen molar-refractivity contribution >= 4 is 28.0 Å². The number of benzene rings is 1. The van der Waals surface area contributed by atoms with Crippen LogP contribution in [-0.2, 0) is 4.74 Å². The van der Waals surface area contributed by atoms with E-state index in [0.29, 0.717) is 6.61 Å². The smallest absolute Gasteiger partial charge is 0.265 e. The number of imidazole rings is 1. The van der Waals surface area contributed by atoms with Gasteiger partial charge in [-0.3, -0.25) is 9.20 Å². The Labute approximate surface area is 163 Å². The zero-order chi connectivity index (χ0) is 19.6. The van der Waals surface area contributed by atoms with Gasteiger partial charge in [0.25, 0.3) is 5.91 Å². The van der Waals surface area contributed by atoms with Crippen molar-refractivity contribution < 1.29 is 9.53 Å². The molecule has 0 radical (unpaired) electrons. The third-order valence-corrected chi connectivity index (χ3v) is 5.58. The van der Waals surface area contributed by atoms with Crippen molar-refractivity contribution in [3.63, 3.8) is 0 Å². The molecule has 27 heavy (non-hydrogen) atoms. The van der Waals surface area contributed by atoms with Crippen LogP contribution in [0.5, 0.6) is 0 Å². The highest BCUT2D eigenvalue weighted by Crippen LogP contribution is 2.35. The molecule has 0 saturated carbocycles.